The Labute approximate surface area is 119 Å². The molecule has 0 amide bonds. The standard InChI is InChI=1S/C15H21NO4/c1-11(10-15(2,3)4)9-14(17)20-13-7-5-12(6-8-13)16(18)19/h5-8,11H,9-10H2,1-4H3. The first-order chi connectivity index (χ1) is 9.17. The molecule has 0 N–H and O–H groups in total. The SMILES string of the molecule is CC(CC(=O)Oc1ccc([N+](=O)[O-])cc1)CC(C)(C)C. The van der Waals surface area contributed by atoms with Crippen molar-refractivity contribution in [2.24, 2.45) is 11.3 Å². The van der Waals surface area contributed by atoms with Crippen LogP contribution < -0.4 is 4.74 Å². The molecule has 0 heterocycles. The monoisotopic (exact) mass is 279 g/mol. The summed E-state index contributed by atoms with van der Waals surface area (Å²) in [5.41, 5.74) is 0.151. The van der Waals surface area contributed by atoms with Crippen LogP contribution in [0.2, 0.25) is 0 Å². The number of carbonyl (C=O) groups is 1. The molecule has 20 heavy (non-hydrogen) atoms. The van der Waals surface area contributed by atoms with Crippen molar-refractivity contribution in [3.05, 3.63) is 34.4 Å². The van der Waals surface area contributed by atoms with Crippen LogP contribution in [-0.2, 0) is 4.79 Å². The first-order valence-corrected chi connectivity index (χ1v) is 6.62. The zero-order valence-electron chi connectivity index (χ0n) is 12.4. The Bertz CT molecular complexity index is 474. The van der Waals surface area contributed by atoms with Crippen LogP contribution in [0.5, 0.6) is 5.75 Å². The molecule has 1 atom stereocenters. The Balaban J connectivity index is 2.52. The number of ether oxygens (including phenoxy) is 1. The molecule has 0 spiro atoms. The molecule has 1 unspecified atom stereocenters. The third-order valence-corrected chi connectivity index (χ3v) is 2.76. The van der Waals surface area contributed by atoms with Gasteiger partial charge in [0.2, 0.25) is 0 Å². The highest BCUT2D eigenvalue weighted by atomic mass is 16.6. The highest BCUT2D eigenvalue weighted by Gasteiger charge is 2.18. The van der Waals surface area contributed by atoms with Gasteiger partial charge >= 0.3 is 5.97 Å². The summed E-state index contributed by atoms with van der Waals surface area (Å²) in [6, 6.07) is 5.51. The van der Waals surface area contributed by atoms with Crippen molar-refractivity contribution in [2.75, 3.05) is 0 Å². The van der Waals surface area contributed by atoms with Gasteiger partial charge in [0, 0.05) is 18.6 Å². The number of nitrogens with zero attached hydrogens (tertiary/aromatic N) is 1. The molecule has 1 aromatic rings. The number of carbonyl (C=O) groups excluding carboxylic acids is 1. The maximum absolute atomic E-state index is 11.8. The molecule has 0 radical (unpaired) electrons. The highest BCUT2D eigenvalue weighted by molar-refractivity contribution is 5.72. The molecule has 0 saturated carbocycles. The minimum atomic E-state index is -0.489. The predicted molar refractivity (Wildman–Crippen MR) is 76.6 cm³/mol. The molecule has 0 bridgehead atoms. The van der Waals surface area contributed by atoms with Crippen LogP contribution in [0.1, 0.15) is 40.5 Å². The zero-order chi connectivity index (χ0) is 15.3. The van der Waals surface area contributed by atoms with E-state index in [1.165, 1.54) is 24.3 Å². The molecule has 1 rings (SSSR count). The van der Waals surface area contributed by atoms with Gasteiger partial charge in [-0.05, 0) is 29.9 Å². The van der Waals surface area contributed by atoms with Gasteiger partial charge in [-0.1, -0.05) is 27.7 Å². The van der Waals surface area contributed by atoms with E-state index in [-0.39, 0.29) is 23.0 Å². The lowest BCUT2D eigenvalue weighted by Crippen LogP contribution is -2.17. The van der Waals surface area contributed by atoms with Crippen LogP contribution in [0.25, 0.3) is 0 Å². The molecule has 0 fully saturated rings. The van der Waals surface area contributed by atoms with Crippen molar-refractivity contribution < 1.29 is 14.5 Å². The number of rotatable bonds is 5. The molecular weight excluding hydrogens is 258 g/mol. The lowest BCUT2D eigenvalue weighted by molar-refractivity contribution is -0.384. The lowest BCUT2D eigenvalue weighted by Gasteiger charge is -2.22. The van der Waals surface area contributed by atoms with E-state index in [9.17, 15) is 14.9 Å². The van der Waals surface area contributed by atoms with Gasteiger partial charge < -0.3 is 4.74 Å². The maximum atomic E-state index is 11.8. The van der Waals surface area contributed by atoms with Gasteiger partial charge in [0.15, 0.2) is 0 Å². The fourth-order valence-corrected chi connectivity index (χ4v) is 2.21. The fourth-order valence-electron chi connectivity index (χ4n) is 2.21. The van der Waals surface area contributed by atoms with Crippen molar-refractivity contribution >= 4 is 11.7 Å². The van der Waals surface area contributed by atoms with Crippen molar-refractivity contribution in [3.63, 3.8) is 0 Å². The molecule has 1 aromatic carbocycles. The second-order valence-corrected chi connectivity index (χ2v) is 6.30. The minimum Gasteiger partial charge on any atom is -0.427 e. The minimum absolute atomic E-state index is 0.0223. The van der Waals surface area contributed by atoms with E-state index in [4.69, 9.17) is 4.74 Å². The number of non-ortho nitro benzene ring substituents is 1. The van der Waals surface area contributed by atoms with Gasteiger partial charge in [-0.3, -0.25) is 14.9 Å². The quantitative estimate of drug-likeness (QED) is 0.354. The van der Waals surface area contributed by atoms with Crippen molar-refractivity contribution in [1.29, 1.82) is 0 Å². The summed E-state index contributed by atoms with van der Waals surface area (Å²) in [4.78, 5) is 21.8. The molecule has 0 aliphatic rings. The summed E-state index contributed by atoms with van der Waals surface area (Å²) in [5.74, 6) is 0.264. The van der Waals surface area contributed by atoms with Crippen LogP contribution in [0, 0.1) is 21.4 Å². The van der Waals surface area contributed by atoms with Crippen LogP contribution in [0.4, 0.5) is 5.69 Å². The van der Waals surface area contributed by atoms with Gasteiger partial charge in [0.05, 0.1) is 4.92 Å². The largest absolute Gasteiger partial charge is 0.427 e. The van der Waals surface area contributed by atoms with Crippen molar-refractivity contribution in [3.8, 4) is 5.75 Å². The first kappa shape index (κ1) is 16.1. The molecule has 110 valence electrons. The lowest BCUT2D eigenvalue weighted by atomic mass is 9.84. The number of esters is 1. The number of hydrogen-bond donors (Lipinski definition) is 0. The summed E-state index contributed by atoms with van der Waals surface area (Å²) in [5, 5.41) is 10.5. The summed E-state index contributed by atoms with van der Waals surface area (Å²) >= 11 is 0. The van der Waals surface area contributed by atoms with Gasteiger partial charge in [-0.25, -0.2) is 0 Å². The van der Waals surface area contributed by atoms with Gasteiger partial charge in [0.1, 0.15) is 5.75 Å². The Morgan fingerprint density at radius 2 is 1.85 bits per heavy atom. The molecule has 5 heteroatoms. The fraction of sp³-hybridized carbons (Fsp3) is 0.533. The zero-order valence-corrected chi connectivity index (χ0v) is 12.4. The number of nitro groups is 1. The number of hydrogen-bond acceptors (Lipinski definition) is 4. The van der Waals surface area contributed by atoms with E-state index in [2.05, 4.69) is 20.8 Å². The molecule has 0 saturated heterocycles. The summed E-state index contributed by atoms with van der Waals surface area (Å²) in [6.45, 7) is 8.41. The first-order valence-electron chi connectivity index (χ1n) is 6.62. The Hall–Kier alpha value is -1.91. The second kappa shape index (κ2) is 6.50. The third kappa shape index (κ3) is 5.82. The Morgan fingerprint density at radius 1 is 1.30 bits per heavy atom. The predicted octanol–water partition coefficient (Wildman–Crippen LogP) is 3.96. The van der Waals surface area contributed by atoms with Crippen molar-refractivity contribution in [1.82, 2.24) is 0 Å². The smallest absolute Gasteiger partial charge is 0.311 e. The van der Waals surface area contributed by atoms with E-state index in [1.54, 1.807) is 0 Å². The van der Waals surface area contributed by atoms with E-state index in [0.29, 0.717) is 12.2 Å². The average molecular weight is 279 g/mol. The van der Waals surface area contributed by atoms with E-state index in [1.807, 2.05) is 6.92 Å². The summed E-state index contributed by atoms with van der Waals surface area (Å²) < 4.78 is 5.17. The number of benzene rings is 1. The topological polar surface area (TPSA) is 69.4 Å². The van der Waals surface area contributed by atoms with E-state index in [0.717, 1.165) is 6.42 Å². The highest BCUT2D eigenvalue weighted by Crippen LogP contribution is 2.26. The number of nitro benzene ring substituents is 1. The van der Waals surface area contributed by atoms with Crippen LogP contribution in [0.3, 0.4) is 0 Å². The third-order valence-electron chi connectivity index (χ3n) is 2.76. The second-order valence-electron chi connectivity index (χ2n) is 6.30. The van der Waals surface area contributed by atoms with Gasteiger partial charge in [-0.15, -0.1) is 0 Å². The van der Waals surface area contributed by atoms with E-state index >= 15 is 0 Å². The molecular formula is C15H21NO4. The van der Waals surface area contributed by atoms with Crippen LogP contribution in [-0.4, -0.2) is 10.9 Å². The van der Waals surface area contributed by atoms with Gasteiger partial charge in [0.25, 0.3) is 5.69 Å². The molecule has 0 aliphatic heterocycles. The summed E-state index contributed by atoms with van der Waals surface area (Å²) in [7, 11) is 0. The van der Waals surface area contributed by atoms with Crippen LogP contribution in [0.15, 0.2) is 24.3 Å². The van der Waals surface area contributed by atoms with E-state index < -0.39 is 4.92 Å². The van der Waals surface area contributed by atoms with Gasteiger partial charge in [-0.2, -0.15) is 0 Å². The molecule has 0 aromatic heterocycles. The maximum Gasteiger partial charge on any atom is 0.311 e. The average Bonchev–Trinajstić information content (AvgIpc) is 2.26. The normalized spacial score (nSPS) is 12.8. The van der Waals surface area contributed by atoms with Crippen molar-refractivity contribution in [2.45, 2.75) is 40.5 Å². The Kier molecular flexibility index (Phi) is 5.25. The Morgan fingerprint density at radius 3 is 2.30 bits per heavy atom. The molecule has 0 aliphatic carbocycles. The summed E-state index contributed by atoms with van der Waals surface area (Å²) in [6.07, 6.45) is 1.27. The van der Waals surface area contributed by atoms with Crippen LogP contribution >= 0.6 is 0 Å². The molecule has 5 nitrogen and oxygen atoms in total.